The number of sulfonamides is 1. The van der Waals surface area contributed by atoms with Crippen LogP contribution in [0.3, 0.4) is 0 Å². The number of rotatable bonds is 1. The van der Waals surface area contributed by atoms with Crippen molar-refractivity contribution < 1.29 is 8.42 Å². The maximum atomic E-state index is 11.2. The fourth-order valence-corrected chi connectivity index (χ4v) is 2.07. The van der Waals surface area contributed by atoms with Gasteiger partial charge in [-0.25, -0.2) is 13.6 Å². The molecule has 0 atom stereocenters. The highest BCUT2D eigenvalue weighted by atomic mass is 32.2. The Labute approximate surface area is 93.0 Å². The number of nitrogens with zero attached hydrogens (tertiary/aromatic N) is 1. The van der Waals surface area contributed by atoms with E-state index in [1.54, 1.807) is 18.2 Å². The largest absolute Gasteiger partial charge is 0.238 e. The summed E-state index contributed by atoms with van der Waals surface area (Å²) in [6.07, 6.45) is 0. The molecule has 4 nitrogen and oxygen atoms in total. The minimum absolute atomic E-state index is 0.0164. The molecule has 0 aliphatic carbocycles. The summed E-state index contributed by atoms with van der Waals surface area (Å²) in [6, 6.07) is 11.7. The normalized spacial score (nSPS) is 11.2. The topological polar surface area (TPSA) is 83.9 Å². The maximum absolute atomic E-state index is 11.2. The number of hydrogen-bond donors (Lipinski definition) is 1. The molecule has 0 fully saturated rings. The van der Waals surface area contributed by atoms with Crippen LogP contribution in [0.4, 0.5) is 0 Å². The van der Waals surface area contributed by atoms with Gasteiger partial charge in [0.25, 0.3) is 0 Å². The van der Waals surface area contributed by atoms with Gasteiger partial charge in [-0.05, 0) is 23.6 Å². The van der Waals surface area contributed by atoms with Gasteiger partial charge in [-0.1, -0.05) is 18.2 Å². The molecule has 2 aromatic carbocycles. The third kappa shape index (κ3) is 1.76. The summed E-state index contributed by atoms with van der Waals surface area (Å²) < 4.78 is 22.3. The SMILES string of the molecule is N#Cc1cccc2ccc(S(N)(=O)=O)cc12. The quantitative estimate of drug-likeness (QED) is 0.805. The lowest BCUT2D eigenvalue weighted by Crippen LogP contribution is -2.11. The zero-order valence-corrected chi connectivity index (χ0v) is 9.03. The van der Waals surface area contributed by atoms with E-state index in [1.807, 2.05) is 12.1 Å². The Morgan fingerprint density at radius 1 is 1.19 bits per heavy atom. The molecular weight excluding hydrogens is 224 g/mol. The van der Waals surface area contributed by atoms with E-state index >= 15 is 0 Å². The van der Waals surface area contributed by atoms with Crippen LogP contribution in [-0.4, -0.2) is 8.42 Å². The molecule has 2 aromatic rings. The fraction of sp³-hybridized carbons (Fsp3) is 0. The first kappa shape index (κ1) is 10.6. The Balaban J connectivity index is 2.85. The summed E-state index contributed by atoms with van der Waals surface area (Å²) in [4.78, 5) is 0.0164. The molecule has 0 saturated carbocycles. The van der Waals surface area contributed by atoms with Crippen molar-refractivity contribution in [2.45, 2.75) is 4.90 Å². The van der Waals surface area contributed by atoms with Crippen LogP contribution in [0, 0.1) is 11.3 Å². The Kier molecular flexibility index (Phi) is 2.38. The van der Waals surface area contributed by atoms with Crippen LogP contribution in [0.25, 0.3) is 10.8 Å². The van der Waals surface area contributed by atoms with Gasteiger partial charge < -0.3 is 0 Å². The maximum Gasteiger partial charge on any atom is 0.238 e. The van der Waals surface area contributed by atoms with E-state index in [4.69, 9.17) is 10.4 Å². The van der Waals surface area contributed by atoms with Gasteiger partial charge in [-0.15, -0.1) is 0 Å². The summed E-state index contributed by atoms with van der Waals surface area (Å²) in [5.74, 6) is 0. The van der Waals surface area contributed by atoms with Crippen molar-refractivity contribution in [3.63, 3.8) is 0 Å². The Morgan fingerprint density at radius 3 is 2.56 bits per heavy atom. The van der Waals surface area contributed by atoms with Gasteiger partial charge in [-0.2, -0.15) is 5.26 Å². The van der Waals surface area contributed by atoms with Gasteiger partial charge in [0.1, 0.15) is 0 Å². The van der Waals surface area contributed by atoms with Crippen LogP contribution < -0.4 is 5.14 Å². The molecule has 0 aromatic heterocycles. The average molecular weight is 232 g/mol. The molecule has 0 aliphatic rings. The number of benzene rings is 2. The standard InChI is InChI=1S/C11H8N2O2S/c12-7-9-3-1-2-8-4-5-10(6-11(8)9)16(13,14)15/h1-6H,(H2,13,14,15). The molecule has 2 rings (SSSR count). The van der Waals surface area contributed by atoms with Gasteiger partial charge >= 0.3 is 0 Å². The highest BCUT2D eigenvalue weighted by molar-refractivity contribution is 7.89. The summed E-state index contributed by atoms with van der Waals surface area (Å²) >= 11 is 0. The van der Waals surface area contributed by atoms with E-state index in [2.05, 4.69) is 0 Å². The highest BCUT2D eigenvalue weighted by Crippen LogP contribution is 2.21. The molecule has 2 N–H and O–H groups in total. The third-order valence-electron chi connectivity index (χ3n) is 2.30. The summed E-state index contributed by atoms with van der Waals surface area (Å²) in [5, 5.41) is 15.3. The van der Waals surface area contributed by atoms with E-state index in [-0.39, 0.29) is 4.90 Å². The Bertz CT molecular complexity index is 699. The van der Waals surface area contributed by atoms with Crippen molar-refractivity contribution in [1.29, 1.82) is 5.26 Å². The molecule has 0 unspecified atom stereocenters. The number of nitrogens with two attached hydrogens (primary N) is 1. The predicted molar refractivity (Wildman–Crippen MR) is 60.0 cm³/mol. The first-order valence-electron chi connectivity index (χ1n) is 4.48. The summed E-state index contributed by atoms with van der Waals surface area (Å²) in [7, 11) is -3.73. The monoisotopic (exact) mass is 232 g/mol. The van der Waals surface area contributed by atoms with Gasteiger partial charge in [0, 0.05) is 5.39 Å². The Hall–Kier alpha value is -1.90. The summed E-state index contributed by atoms with van der Waals surface area (Å²) in [5.41, 5.74) is 0.433. The van der Waals surface area contributed by atoms with Gasteiger partial charge in [0.15, 0.2) is 0 Å². The van der Waals surface area contributed by atoms with Crippen molar-refractivity contribution in [2.75, 3.05) is 0 Å². The molecule has 0 spiro atoms. The minimum Gasteiger partial charge on any atom is -0.225 e. The summed E-state index contributed by atoms with van der Waals surface area (Å²) in [6.45, 7) is 0. The lowest BCUT2D eigenvalue weighted by Gasteiger charge is -2.02. The van der Waals surface area contributed by atoms with Crippen molar-refractivity contribution in [1.82, 2.24) is 0 Å². The van der Waals surface area contributed by atoms with Crippen LogP contribution in [0.1, 0.15) is 5.56 Å². The van der Waals surface area contributed by atoms with Crippen molar-refractivity contribution >= 4 is 20.8 Å². The second-order valence-electron chi connectivity index (χ2n) is 3.35. The molecular formula is C11H8N2O2S. The molecule has 0 radical (unpaired) electrons. The highest BCUT2D eigenvalue weighted by Gasteiger charge is 2.09. The van der Waals surface area contributed by atoms with E-state index in [1.165, 1.54) is 12.1 Å². The molecule has 0 amide bonds. The van der Waals surface area contributed by atoms with E-state index < -0.39 is 10.0 Å². The lowest BCUT2D eigenvalue weighted by molar-refractivity contribution is 0.598. The second-order valence-corrected chi connectivity index (χ2v) is 4.91. The first-order chi connectivity index (χ1) is 7.52. The molecule has 0 aliphatic heterocycles. The minimum atomic E-state index is -3.73. The van der Waals surface area contributed by atoms with E-state index in [0.29, 0.717) is 10.9 Å². The second kappa shape index (κ2) is 3.59. The van der Waals surface area contributed by atoms with E-state index in [9.17, 15) is 8.42 Å². The molecule has 5 heteroatoms. The van der Waals surface area contributed by atoms with Crippen LogP contribution in [0.15, 0.2) is 41.3 Å². The van der Waals surface area contributed by atoms with Crippen LogP contribution in [-0.2, 0) is 10.0 Å². The van der Waals surface area contributed by atoms with Gasteiger partial charge in [-0.3, -0.25) is 0 Å². The first-order valence-corrected chi connectivity index (χ1v) is 6.03. The molecule has 0 saturated heterocycles. The van der Waals surface area contributed by atoms with Crippen LogP contribution in [0.2, 0.25) is 0 Å². The number of nitriles is 1. The number of primary sulfonamides is 1. The van der Waals surface area contributed by atoms with Crippen molar-refractivity contribution in [3.05, 3.63) is 42.0 Å². The third-order valence-corrected chi connectivity index (χ3v) is 3.21. The average Bonchev–Trinajstić information content (AvgIpc) is 2.26. The van der Waals surface area contributed by atoms with Crippen molar-refractivity contribution in [2.24, 2.45) is 5.14 Å². The molecule has 16 heavy (non-hydrogen) atoms. The lowest BCUT2D eigenvalue weighted by atomic mass is 10.1. The van der Waals surface area contributed by atoms with E-state index in [0.717, 1.165) is 5.39 Å². The number of hydrogen-bond acceptors (Lipinski definition) is 3. The zero-order valence-electron chi connectivity index (χ0n) is 8.21. The number of fused-ring (bicyclic) bond motifs is 1. The Morgan fingerprint density at radius 2 is 1.94 bits per heavy atom. The smallest absolute Gasteiger partial charge is 0.225 e. The van der Waals surface area contributed by atoms with Gasteiger partial charge in [0.05, 0.1) is 16.5 Å². The zero-order chi connectivity index (χ0) is 11.8. The molecule has 0 heterocycles. The molecule has 80 valence electrons. The fourth-order valence-electron chi connectivity index (χ4n) is 1.53. The van der Waals surface area contributed by atoms with Crippen LogP contribution >= 0.6 is 0 Å². The van der Waals surface area contributed by atoms with Gasteiger partial charge in [0.2, 0.25) is 10.0 Å². The molecule has 0 bridgehead atoms. The van der Waals surface area contributed by atoms with Crippen molar-refractivity contribution in [3.8, 4) is 6.07 Å². The van der Waals surface area contributed by atoms with Crippen LogP contribution in [0.5, 0.6) is 0 Å². The predicted octanol–water partition coefficient (Wildman–Crippen LogP) is 1.36.